The lowest BCUT2D eigenvalue weighted by Crippen LogP contribution is -2.49. The summed E-state index contributed by atoms with van der Waals surface area (Å²) in [5.74, 6) is 6.81. The third-order valence-corrected chi connectivity index (χ3v) is 7.73. The number of aryl methyl sites for hydroxylation is 1. The van der Waals surface area contributed by atoms with Gasteiger partial charge >= 0.3 is 0 Å². The molecule has 0 aliphatic carbocycles. The van der Waals surface area contributed by atoms with Crippen molar-refractivity contribution < 1.29 is 9.59 Å². The van der Waals surface area contributed by atoms with Crippen LogP contribution < -0.4 is 4.90 Å². The third kappa shape index (κ3) is 5.58. The zero-order valence-electron chi connectivity index (χ0n) is 20.4. The van der Waals surface area contributed by atoms with Crippen molar-refractivity contribution in [2.45, 2.75) is 25.7 Å². The number of thiazole rings is 1. The molecular weight excluding hydrogens is 470 g/mol. The minimum Gasteiger partial charge on any atom is -0.353 e. The van der Waals surface area contributed by atoms with Gasteiger partial charge in [-0.25, -0.2) is 9.97 Å². The number of anilines is 1. The first-order chi connectivity index (χ1) is 17.6. The van der Waals surface area contributed by atoms with Crippen LogP contribution in [-0.2, 0) is 4.79 Å². The number of benzene rings is 1. The Morgan fingerprint density at radius 3 is 2.36 bits per heavy atom. The molecule has 0 unspecified atom stereocenters. The van der Waals surface area contributed by atoms with Gasteiger partial charge < -0.3 is 14.7 Å². The number of piperazine rings is 1. The molecule has 0 saturated carbocycles. The monoisotopic (exact) mass is 499 g/mol. The maximum atomic E-state index is 13.1. The van der Waals surface area contributed by atoms with Crippen molar-refractivity contribution in [3.63, 3.8) is 0 Å². The van der Waals surface area contributed by atoms with E-state index >= 15 is 0 Å². The van der Waals surface area contributed by atoms with Crippen LogP contribution in [0.3, 0.4) is 0 Å². The Bertz CT molecular complexity index is 1280. The number of hydrogen-bond donors (Lipinski definition) is 0. The van der Waals surface area contributed by atoms with E-state index in [4.69, 9.17) is 4.98 Å². The fourth-order valence-corrected chi connectivity index (χ4v) is 5.60. The normalized spacial score (nSPS) is 16.4. The van der Waals surface area contributed by atoms with E-state index in [0.717, 1.165) is 48.0 Å². The number of amides is 2. The van der Waals surface area contributed by atoms with Gasteiger partial charge in [-0.05, 0) is 44.0 Å². The molecule has 0 bridgehead atoms. The van der Waals surface area contributed by atoms with Gasteiger partial charge in [0.25, 0.3) is 11.8 Å². The van der Waals surface area contributed by atoms with Crippen LogP contribution in [0.25, 0.3) is 0 Å². The number of piperidine rings is 1. The van der Waals surface area contributed by atoms with E-state index in [2.05, 4.69) is 21.7 Å². The van der Waals surface area contributed by atoms with Crippen molar-refractivity contribution in [3.05, 3.63) is 75.9 Å². The van der Waals surface area contributed by atoms with Crippen LogP contribution in [0.2, 0.25) is 0 Å². The molecule has 2 fully saturated rings. The zero-order chi connectivity index (χ0) is 24.9. The van der Waals surface area contributed by atoms with Gasteiger partial charge in [0.1, 0.15) is 11.5 Å². The second-order valence-electron chi connectivity index (χ2n) is 9.17. The molecule has 1 aromatic carbocycles. The quantitative estimate of drug-likeness (QED) is 0.516. The summed E-state index contributed by atoms with van der Waals surface area (Å²) in [5.41, 5.74) is 2.37. The van der Waals surface area contributed by atoms with E-state index in [1.54, 1.807) is 11.3 Å². The van der Waals surface area contributed by atoms with E-state index in [1.165, 1.54) is 0 Å². The van der Waals surface area contributed by atoms with Crippen LogP contribution in [0.15, 0.2) is 53.9 Å². The summed E-state index contributed by atoms with van der Waals surface area (Å²) in [6.07, 6.45) is 1.67. The molecule has 2 amide bonds. The van der Waals surface area contributed by atoms with E-state index in [1.807, 2.05) is 70.6 Å². The molecule has 3 aromatic rings. The molecule has 2 aliphatic rings. The van der Waals surface area contributed by atoms with Gasteiger partial charge in [0.05, 0.1) is 5.01 Å². The summed E-state index contributed by atoms with van der Waals surface area (Å²) in [5, 5.41) is 2.87. The van der Waals surface area contributed by atoms with Gasteiger partial charge in [0.15, 0.2) is 0 Å². The van der Waals surface area contributed by atoms with E-state index in [-0.39, 0.29) is 17.7 Å². The van der Waals surface area contributed by atoms with Crippen LogP contribution in [-0.4, -0.2) is 70.9 Å². The van der Waals surface area contributed by atoms with Gasteiger partial charge in [0, 0.05) is 67.7 Å². The average Bonchev–Trinajstić information content (AvgIpc) is 3.42. The van der Waals surface area contributed by atoms with Crippen molar-refractivity contribution >= 4 is 29.0 Å². The topological polar surface area (TPSA) is 69.6 Å². The first kappa shape index (κ1) is 24.0. The van der Waals surface area contributed by atoms with Crippen molar-refractivity contribution in [3.8, 4) is 11.8 Å². The number of likely N-dealkylation sites (tertiary alicyclic amines) is 1. The van der Waals surface area contributed by atoms with Crippen molar-refractivity contribution in [1.29, 1.82) is 0 Å². The van der Waals surface area contributed by atoms with Crippen LogP contribution in [0, 0.1) is 18.8 Å². The molecule has 2 aliphatic heterocycles. The highest BCUT2D eigenvalue weighted by Crippen LogP contribution is 2.30. The number of pyridine rings is 1. The van der Waals surface area contributed by atoms with Crippen molar-refractivity contribution in [2.75, 3.05) is 44.2 Å². The number of nitrogens with zero attached hydrogens (tertiary/aromatic N) is 5. The molecule has 0 spiro atoms. The van der Waals surface area contributed by atoms with E-state index < -0.39 is 0 Å². The lowest BCUT2D eigenvalue weighted by molar-refractivity contribution is -0.126. The van der Waals surface area contributed by atoms with Crippen LogP contribution in [0.1, 0.15) is 45.5 Å². The molecule has 2 aromatic heterocycles. The van der Waals surface area contributed by atoms with Crippen LogP contribution in [0.5, 0.6) is 0 Å². The third-order valence-electron chi connectivity index (χ3n) is 6.72. The minimum atomic E-state index is -0.132. The highest BCUT2D eigenvalue weighted by atomic mass is 32.1. The lowest BCUT2D eigenvalue weighted by atomic mass is 9.97. The average molecular weight is 500 g/mol. The van der Waals surface area contributed by atoms with E-state index in [0.29, 0.717) is 31.9 Å². The largest absolute Gasteiger partial charge is 0.353 e. The molecule has 0 radical (unpaired) electrons. The Morgan fingerprint density at radius 2 is 1.64 bits per heavy atom. The summed E-state index contributed by atoms with van der Waals surface area (Å²) in [7, 11) is 0. The second-order valence-corrected chi connectivity index (χ2v) is 10.1. The molecule has 5 rings (SSSR count). The molecular formula is C28H29N5O2S. The maximum absolute atomic E-state index is 13.1. The highest BCUT2D eigenvalue weighted by molar-refractivity contribution is 7.09. The van der Waals surface area contributed by atoms with E-state index in [9.17, 15) is 9.59 Å². The molecule has 36 heavy (non-hydrogen) atoms. The Balaban J connectivity index is 1.12. The summed E-state index contributed by atoms with van der Waals surface area (Å²) < 4.78 is 0. The summed E-state index contributed by atoms with van der Waals surface area (Å²) in [6, 6.07) is 15.6. The van der Waals surface area contributed by atoms with Gasteiger partial charge in [-0.2, -0.15) is 0 Å². The molecule has 4 heterocycles. The smallest absolute Gasteiger partial charge is 0.298 e. The number of aromatic nitrogens is 2. The fourth-order valence-electron chi connectivity index (χ4n) is 4.63. The van der Waals surface area contributed by atoms with Crippen molar-refractivity contribution in [1.82, 2.24) is 19.8 Å². The highest BCUT2D eigenvalue weighted by Gasteiger charge is 2.28. The molecule has 8 heteroatoms. The molecule has 184 valence electrons. The summed E-state index contributed by atoms with van der Waals surface area (Å²) in [6.45, 7) is 6.15. The van der Waals surface area contributed by atoms with Gasteiger partial charge in [-0.15, -0.1) is 11.3 Å². The molecule has 0 atom stereocenters. The molecule has 0 N–H and O–H groups in total. The predicted octanol–water partition coefficient (Wildman–Crippen LogP) is 3.57. The Kier molecular flexibility index (Phi) is 7.28. The van der Waals surface area contributed by atoms with Crippen LogP contribution in [0.4, 0.5) is 5.82 Å². The van der Waals surface area contributed by atoms with Crippen molar-refractivity contribution in [2.24, 2.45) is 0 Å². The molecule has 7 nitrogen and oxygen atoms in total. The van der Waals surface area contributed by atoms with Gasteiger partial charge in [0.2, 0.25) is 0 Å². The first-order valence-corrected chi connectivity index (χ1v) is 13.2. The number of carbonyl (C=O) groups excluding carboxylic acids is 2. The molecule has 2 saturated heterocycles. The number of hydrogen-bond acceptors (Lipinski definition) is 6. The second kappa shape index (κ2) is 10.9. The number of rotatable bonds is 3. The summed E-state index contributed by atoms with van der Waals surface area (Å²) >= 11 is 1.55. The van der Waals surface area contributed by atoms with Crippen LogP contribution >= 0.6 is 11.3 Å². The standard InChI is InChI=1S/C28H29N5O2S/c1-21-6-5-9-25(29-21)31-16-18-33(19-17-31)28(35)24-20-36-27(30-24)23-12-14-32(15-13-23)26(34)11-10-22-7-3-2-4-8-22/h2-9,20,23H,12-19H2,1H3. The van der Waals surface area contributed by atoms with Gasteiger partial charge in [-0.3, -0.25) is 9.59 Å². The summed E-state index contributed by atoms with van der Waals surface area (Å²) in [4.78, 5) is 40.8. The first-order valence-electron chi connectivity index (χ1n) is 12.4. The zero-order valence-corrected chi connectivity index (χ0v) is 21.2. The predicted molar refractivity (Wildman–Crippen MR) is 141 cm³/mol. The Hall–Kier alpha value is -3.70. The SMILES string of the molecule is Cc1cccc(N2CCN(C(=O)c3csc(C4CCN(C(=O)C#Cc5ccccc5)CC4)n3)CC2)n1. The fraction of sp³-hybridized carbons (Fsp3) is 0.357. The Labute approximate surface area is 215 Å². The van der Waals surface area contributed by atoms with Gasteiger partial charge in [-0.1, -0.05) is 30.2 Å². The minimum absolute atomic E-state index is 0.00171. The Morgan fingerprint density at radius 1 is 0.889 bits per heavy atom. The lowest BCUT2D eigenvalue weighted by Gasteiger charge is -2.35. The number of carbonyl (C=O) groups is 2. The maximum Gasteiger partial charge on any atom is 0.298 e.